The van der Waals surface area contributed by atoms with Gasteiger partial charge in [0, 0.05) is 60.0 Å². The minimum absolute atomic E-state index is 0.0181. The number of alkyl carbamates (subject to hydrolysis) is 1. The summed E-state index contributed by atoms with van der Waals surface area (Å²) in [7, 11) is 0. The summed E-state index contributed by atoms with van der Waals surface area (Å²) in [6, 6.07) is 15.7. The molecule has 0 spiro atoms. The number of carbonyl (C=O) groups excluding carboxylic acids is 4. The van der Waals surface area contributed by atoms with E-state index in [1.807, 2.05) is 0 Å². The molecular weight excluding hydrogens is 746 g/mol. The first-order valence-electron chi connectivity index (χ1n) is 16.5. The van der Waals surface area contributed by atoms with E-state index in [4.69, 9.17) is 18.9 Å². The average Bonchev–Trinajstić information content (AvgIpc) is 3.47. The van der Waals surface area contributed by atoms with E-state index in [9.17, 15) is 49.5 Å². The minimum atomic E-state index is -1.40. The smallest absolute Gasteiger partial charge is 0.456 e. The summed E-state index contributed by atoms with van der Waals surface area (Å²) in [5.74, 6) is -1.98. The van der Waals surface area contributed by atoms with Gasteiger partial charge in [0.05, 0.1) is 26.7 Å². The zero-order valence-electron chi connectivity index (χ0n) is 29.2. The molecule has 1 saturated heterocycles. The Morgan fingerprint density at radius 2 is 1.22 bits per heavy atom. The number of esters is 1. The molecule has 2 aliphatic heterocycles. The van der Waals surface area contributed by atoms with Gasteiger partial charge in [0.1, 0.15) is 31.1 Å². The standard InChI is InChI=1S/C35H33N5O14S/c1-35(2,54-34(44)53-20-23-7-13-26(14-8-23)40(49)50)29-27-17-28(55-16-15-36-33(43)52-19-22-5-11-25(12-6-22)39(47)48)30(37(27)31(29)41)32(42)51-18-21-3-9-24(10-4-21)38(45)46/h3-14,27,29H,15-20H2,1-2H3,(H,36,43)/t27-,29-/m1/s1. The van der Waals surface area contributed by atoms with Gasteiger partial charge >= 0.3 is 18.2 Å². The van der Waals surface area contributed by atoms with Crippen molar-refractivity contribution in [3.8, 4) is 0 Å². The van der Waals surface area contributed by atoms with Crippen LogP contribution in [0.15, 0.2) is 83.4 Å². The molecule has 1 N–H and O–H groups in total. The topological polar surface area (TPSA) is 250 Å². The van der Waals surface area contributed by atoms with Gasteiger partial charge in [-0.3, -0.25) is 35.1 Å². The number of nitro benzene ring substituents is 3. The number of amides is 2. The van der Waals surface area contributed by atoms with E-state index in [2.05, 4.69) is 5.32 Å². The van der Waals surface area contributed by atoms with Crippen LogP contribution in [0.5, 0.6) is 0 Å². The lowest BCUT2D eigenvalue weighted by Crippen LogP contribution is -2.66. The third kappa shape index (κ3) is 9.71. The monoisotopic (exact) mass is 779 g/mol. The molecule has 0 bridgehead atoms. The second-order valence-electron chi connectivity index (χ2n) is 12.7. The molecule has 3 aromatic rings. The first kappa shape index (κ1) is 39.6. The quantitative estimate of drug-likeness (QED) is 0.0458. The van der Waals surface area contributed by atoms with Crippen molar-refractivity contribution >= 4 is 52.9 Å². The number of fused-ring (bicyclic) bond motifs is 1. The second kappa shape index (κ2) is 17.1. The Morgan fingerprint density at radius 1 is 0.764 bits per heavy atom. The fraction of sp³-hybridized carbons (Fsp3) is 0.314. The molecule has 55 heavy (non-hydrogen) atoms. The van der Waals surface area contributed by atoms with Gasteiger partial charge in [0.25, 0.3) is 17.1 Å². The van der Waals surface area contributed by atoms with E-state index >= 15 is 0 Å². The Labute approximate surface area is 316 Å². The van der Waals surface area contributed by atoms with Crippen molar-refractivity contribution in [3.05, 3.63) is 130 Å². The molecule has 2 aliphatic rings. The van der Waals surface area contributed by atoms with Crippen molar-refractivity contribution in [2.45, 2.75) is 51.7 Å². The summed E-state index contributed by atoms with van der Waals surface area (Å²) in [4.78, 5) is 85.0. The first-order chi connectivity index (χ1) is 26.1. The summed E-state index contributed by atoms with van der Waals surface area (Å²) in [6.07, 6.45) is -1.64. The Bertz CT molecular complexity index is 2020. The van der Waals surface area contributed by atoms with E-state index in [1.54, 1.807) is 0 Å². The largest absolute Gasteiger partial charge is 0.509 e. The maximum absolute atomic E-state index is 13.7. The van der Waals surface area contributed by atoms with Crippen LogP contribution in [0.1, 0.15) is 37.0 Å². The van der Waals surface area contributed by atoms with Crippen LogP contribution in [-0.2, 0) is 48.4 Å². The number of hydrogen-bond acceptors (Lipinski definition) is 15. The van der Waals surface area contributed by atoms with Crippen molar-refractivity contribution in [2.75, 3.05) is 12.3 Å². The van der Waals surface area contributed by atoms with Crippen molar-refractivity contribution in [3.63, 3.8) is 0 Å². The Hall–Kier alpha value is -6.57. The predicted octanol–water partition coefficient (Wildman–Crippen LogP) is 5.69. The summed E-state index contributed by atoms with van der Waals surface area (Å²) < 4.78 is 21.4. The summed E-state index contributed by atoms with van der Waals surface area (Å²) in [5.41, 5.74) is -0.314. The number of nitrogens with zero attached hydrogens (tertiary/aromatic N) is 4. The van der Waals surface area contributed by atoms with Gasteiger partial charge in [-0.15, -0.1) is 11.8 Å². The molecule has 0 saturated carbocycles. The molecule has 0 radical (unpaired) electrons. The van der Waals surface area contributed by atoms with Crippen LogP contribution in [-0.4, -0.2) is 67.7 Å². The second-order valence-corrected chi connectivity index (χ2v) is 13.9. The molecule has 2 atom stereocenters. The minimum Gasteiger partial charge on any atom is -0.456 e. The first-order valence-corrected chi connectivity index (χ1v) is 17.5. The third-order valence-electron chi connectivity index (χ3n) is 8.59. The fourth-order valence-corrected chi connectivity index (χ4v) is 6.94. The van der Waals surface area contributed by atoms with Crippen LogP contribution >= 0.6 is 11.8 Å². The van der Waals surface area contributed by atoms with E-state index in [-0.39, 0.29) is 61.3 Å². The van der Waals surface area contributed by atoms with Crippen molar-refractivity contribution in [2.24, 2.45) is 5.92 Å². The normalized spacial score (nSPS) is 16.0. The molecule has 3 aromatic carbocycles. The summed E-state index contributed by atoms with van der Waals surface area (Å²) in [6.45, 7) is 2.54. The van der Waals surface area contributed by atoms with Crippen LogP contribution in [0.2, 0.25) is 0 Å². The van der Waals surface area contributed by atoms with Crippen molar-refractivity contribution in [1.29, 1.82) is 0 Å². The number of benzene rings is 3. The summed E-state index contributed by atoms with van der Waals surface area (Å²) >= 11 is 1.19. The SMILES string of the molecule is CC(C)(OC(=O)OCc1ccc([N+](=O)[O-])cc1)[C@H]1C(=O)N2C(C(=O)OCc3ccc([N+](=O)[O-])cc3)=C(SCCNC(=O)OCc3ccc([N+](=O)[O-])cc3)C[C@H]12. The van der Waals surface area contributed by atoms with Gasteiger partial charge in [-0.05, 0) is 66.9 Å². The Morgan fingerprint density at radius 3 is 1.69 bits per heavy atom. The Balaban J connectivity index is 1.20. The number of β-lactam (4-membered cyclic amide) rings is 1. The number of hydrogen-bond donors (Lipinski definition) is 1. The molecule has 19 nitrogen and oxygen atoms in total. The maximum Gasteiger partial charge on any atom is 0.509 e. The van der Waals surface area contributed by atoms with E-state index < -0.39 is 56.5 Å². The fourth-order valence-electron chi connectivity index (χ4n) is 5.89. The lowest BCUT2D eigenvalue weighted by molar-refractivity contribution is -0.385. The lowest BCUT2D eigenvalue weighted by Gasteiger charge is -2.49. The van der Waals surface area contributed by atoms with Crippen LogP contribution < -0.4 is 5.32 Å². The van der Waals surface area contributed by atoms with Crippen LogP contribution in [0.3, 0.4) is 0 Å². The predicted molar refractivity (Wildman–Crippen MR) is 191 cm³/mol. The highest BCUT2D eigenvalue weighted by Gasteiger charge is 2.61. The average molecular weight is 780 g/mol. The van der Waals surface area contributed by atoms with Gasteiger partial charge in [-0.25, -0.2) is 14.4 Å². The molecule has 0 unspecified atom stereocenters. The number of ether oxygens (including phenoxy) is 4. The molecule has 20 heteroatoms. The number of non-ortho nitro benzene ring substituents is 3. The number of rotatable bonds is 16. The molecule has 1 fully saturated rings. The molecule has 2 heterocycles. The maximum atomic E-state index is 13.7. The molecular formula is C35H33N5O14S. The van der Waals surface area contributed by atoms with Gasteiger partial charge in [0.2, 0.25) is 5.91 Å². The van der Waals surface area contributed by atoms with Crippen LogP contribution in [0.25, 0.3) is 0 Å². The van der Waals surface area contributed by atoms with Crippen molar-refractivity contribution in [1.82, 2.24) is 10.2 Å². The van der Waals surface area contributed by atoms with Gasteiger partial charge in [-0.2, -0.15) is 0 Å². The molecule has 0 aliphatic carbocycles. The molecule has 288 valence electrons. The van der Waals surface area contributed by atoms with Gasteiger partial charge in [-0.1, -0.05) is 0 Å². The van der Waals surface area contributed by atoms with Crippen LogP contribution in [0.4, 0.5) is 26.7 Å². The zero-order valence-corrected chi connectivity index (χ0v) is 30.1. The third-order valence-corrected chi connectivity index (χ3v) is 9.71. The molecule has 2 amide bonds. The molecule has 0 aromatic heterocycles. The highest BCUT2D eigenvalue weighted by Crippen LogP contribution is 2.50. The van der Waals surface area contributed by atoms with Gasteiger partial charge in [0.15, 0.2) is 0 Å². The van der Waals surface area contributed by atoms with E-state index in [0.29, 0.717) is 21.6 Å². The lowest BCUT2D eigenvalue weighted by atomic mass is 9.76. The van der Waals surface area contributed by atoms with Crippen LogP contribution in [0, 0.1) is 36.3 Å². The number of carbonyl (C=O) groups is 4. The highest BCUT2D eigenvalue weighted by molar-refractivity contribution is 8.03. The van der Waals surface area contributed by atoms with E-state index in [1.165, 1.54) is 103 Å². The molecule has 5 rings (SSSR count). The number of nitrogens with one attached hydrogen (secondary N) is 1. The zero-order chi connectivity index (χ0) is 39.9. The number of thioether (sulfide) groups is 1. The number of nitro groups is 3. The van der Waals surface area contributed by atoms with E-state index in [0.717, 1.165) is 0 Å². The Kier molecular flexibility index (Phi) is 12.3. The van der Waals surface area contributed by atoms with Gasteiger partial charge < -0.3 is 29.2 Å². The van der Waals surface area contributed by atoms with Crippen molar-refractivity contribution < 1.29 is 52.9 Å². The summed E-state index contributed by atoms with van der Waals surface area (Å²) in [5, 5.41) is 35.3. The highest BCUT2D eigenvalue weighted by atomic mass is 32.2.